The van der Waals surface area contributed by atoms with Gasteiger partial charge in [0.15, 0.2) is 0 Å². The maximum atomic E-state index is 4.67. The fraction of sp³-hybridized carbons (Fsp3) is 0.917. The summed E-state index contributed by atoms with van der Waals surface area (Å²) in [6.45, 7) is 17.8. The summed E-state index contributed by atoms with van der Waals surface area (Å²) < 4.78 is 0. The molecule has 27 heavy (non-hydrogen) atoms. The number of nitrogens with zero attached hydrogens (tertiary/aromatic N) is 2. The zero-order valence-corrected chi connectivity index (χ0v) is 19.4. The summed E-state index contributed by atoms with van der Waals surface area (Å²) in [5.41, 5.74) is 2.65. The smallest absolute Gasteiger partial charge is 0.0388 e. The molecule has 0 aromatic rings. The van der Waals surface area contributed by atoms with Gasteiger partial charge in [0.1, 0.15) is 0 Å². The molecule has 0 radical (unpaired) electrons. The first-order valence-electron chi connectivity index (χ1n) is 11.6. The number of nitrogens with one attached hydrogen (secondary N) is 1. The molecule has 0 unspecified atom stereocenters. The second-order valence-electron chi connectivity index (χ2n) is 9.01. The molecule has 0 saturated heterocycles. The molecule has 0 spiro atoms. The SMILES string of the molecule is CC(CC(C)C)=NCCCCCCNCCCCCCN=C(C)CC(C)C. The van der Waals surface area contributed by atoms with Crippen molar-refractivity contribution in [3.8, 4) is 0 Å². The first kappa shape index (κ1) is 26.3. The summed E-state index contributed by atoms with van der Waals surface area (Å²) in [4.78, 5) is 9.34. The quantitative estimate of drug-likeness (QED) is 0.208. The average molecular weight is 380 g/mol. The van der Waals surface area contributed by atoms with E-state index in [1.165, 1.54) is 75.9 Å². The normalized spacial score (nSPS) is 13.2. The highest BCUT2D eigenvalue weighted by molar-refractivity contribution is 5.82. The van der Waals surface area contributed by atoms with Gasteiger partial charge in [0.2, 0.25) is 0 Å². The fourth-order valence-corrected chi connectivity index (χ4v) is 3.41. The zero-order chi connectivity index (χ0) is 20.3. The van der Waals surface area contributed by atoms with Crippen LogP contribution >= 0.6 is 0 Å². The zero-order valence-electron chi connectivity index (χ0n) is 19.4. The molecule has 0 heterocycles. The van der Waals surface area contributed by atoms with Crippen molar-refractivity contribution in [1.29, 1.82) is 0 Å². The van der Waals surface area contributed by atoms with Crippen LogP contribution < -0.4 is 5.32 Å². The third kappa shape index (κ3) is 21.5. The largest absolute Gasteiger partial charge is 0.317 e. The molecular formula is C24H49N3. The molecular weight excluding hydrogens is 330 g/mol. The minimum atomic E-state index is 0.729. The highest BCUT2D eigenvalue weighted by atomic mass is 14.8. The Morgan fingerprint density at radius 3 is 1.33 bits per heavy atom. The van der Waals surface area contributed by atoms with E-state index in [1.54, 1.807) is 0 Å². The van der Waals surface area contributed by atoms with Crippen molar-refractivity contribution >= 4 is 11.4 Å². The Hall–Kier alpha value is -0.700. The summed E-state index contributed by atoms with van der Waals surface area (Å²) in [7, 11) is 0. The molecule has 3 heteroatoms. The van der Waals surface area contributed by atoms with Gasteiger partial charge in [-0.1, -0.05) is 53.4 Å². The molecule has 0 aromatic heterocycles. The van der Waals surface area contributed by atoms with Crippen LogP contribution in [0.15, 0.2) is 9.98 Å². The van der Waals surface area contributed by atoms with Crippen LogP contribution in [0.5, 0.6) is 0 Å². The van der Waals surface area contributed by atoms with Crippen molar-refractivity contribution in [3.05, 3.63) is 0 Å². The van der Waals surface area contributed by atoms with Crippen LogP contribution in [-0.2, 0) is 0 Å². The molecule has 0 atom stereocenters. The average Bonchev–Trinajstić information content (AvgIpc) is 2.57. The predicted octanol–water partition coefficient (Wildman–Crippen LogP) is 6.71. The van der Waals surface area contributed by atoms with Crippen molar-refractivity contribution in [3.63, 3.8) is 0 Å². The second kappa shape index (κ2) is 18.7. The van der Waals surface area contributed by atoms with Gasteiger partial charge in [-0.2, -0.15) is 0 Å². The van der Waals surface area contributed by atoms with E-state index in [2.05, 4.69) is 56.8 Å². The van der Waals surface area contributed by atoms with Crippen molar-refractivity contribution in [2.45, 2.75) is 106 Å². The Morgan fingerprint density at radius 1 is 0.593 bits per heavy atom. The van der Waals surface area contributed by atoms with Gasteiger partial charge in [0.25, 0.3) is 0 Å². The molecule has 1 N–H and O–H groups in total. The Morgan fingerprint density at radius 2 is 0.963 bits per heavy atom. The highest BCUT2D eigenvalue weighted by Gasteiger charge is 1.98. The van der Waals surface area contributed by atoms with Crippen LogP contribution in [-0.4, -0.2) is 37.6 Å². The second-order valence-corrected chi connectivity index (χ2v) is 9.01. The third-order valence-electron chi connectivity index (χ3n) is 4.69. The minimum absolute atomic E-state index is 0.729. The van der Waals surface area contributed by atoms with Crippen LogP contribution in [0.1, 0.15) is 106 Å². The van der Waals surface area contributed by atoms with E-state index in [0.717, 1.165) is 37.8 Å². The predicted molar refractivity (Wildman–Crippen MR) is 125 cm³/mol. The van der Waals surface area contributed by atoms with E-state index < -0.39 is 0 Å². The molecule has 160 valence electrons. The maximum Gasteiger partial charge on any atom is 0.0388 e. The summed E-state index contributed by atoms with van der Waals surface area (Å²) in [5.74, 6) is 1.46. The standard InChI is InChI=1S/C24H49N3/c1-21(2)19-23(5)26-17-13-9-7-11-15-25-16-12-8-10-14-18-27-24(6)20-22(3)4/h21-22,25H,7-20H2,1-6H3. The highest BCUT2D eigenvalue weighted by Crippen LogP contribution is 2.05. The van der Waals surface area contributed by atoms with Gasteiger partial charge in [-0.05, 0) is 77.3 Å². The summed E-state index contributed by atoms with van der Waals surface area (Å²) in [6.07, 6.45) is 12.7. The lowest BCUT2D eigenvalue weighted by atomic mass is 10.1. The molecule has 0 rings (SSSR count). The van der Waals surface area contributed by atoms with Gasteiger partial charge < -0.3 is 5.32 Å². The summed E-state index contributed by atoms with van der Waals surface area (Å²) in [6, 6.07) is 0. The Kier molecular flexibility index (Phi) is 18.2. The molecule has 0 bridgehead atoms. The monoisotopic (exact) mass is 379 g/mol. The lowest BCUT2D eigenvalue weighted by molar-refractivity contribution is 0.557. The number of rotatable bonds is 18. The molecule has 0 aliphatic rings. The first-order valence-corrected chi connectivity index (χ1v) is 11.6. The summed E-state index contributed by atoms with van der Waals surface area (Å²) in [5, 5.41) is 3.59. The number of unbranched alkanes of at least 4 members (excludes halogenated alkanes) is 6. The number of hydrogen-bond donors (Lipinski definition) is 1. The number of aliphatic imine (C=N–C) groups is 2. The van der Waals surface area contributed by atoms with E-state index in [0.29, 0.717) is 0 Å². The van der Waals surface area contributed by atoms with Gasteiger partial charge in [0, 0.05) is 24.5 Å². The summed E-state index contributed by atoms with van der Waals surface area (Å²) >= 11 is 0. The van der Waals surface area contributed by atoms with Gasteiger partial charge >= 0.3 is 0 Å². The van der Waals surface area contributed by atoms with Crippen LogP contribution in [0.2, 0.25) is 0 Å². The molecule has 0 aliphatic carbocycles. The Balaban J connectivity index is 3.28. The van der Waals surface area contributed by atoms with E-state index in [-0.39, 0.29) is 0 Å². The van der Waals surface area contributed by atoms with Gasteiger partial charge in [-0.3, -0.25) is 9.98 Å². The van der Waals surface area contributed by atoms with Crippen LogP contribution in [0, 0.1) is 11.8 Å². The van der Waals surface area contributed by atoms with Crippen molar-refractivity contribution < 1.29 is 0 Å². The van der Waals surface area contributed by atoms with Gasteiger partial charge in [-0.15, -0.1) is 0 Å². The van der Waals surface area contributed by atoms with E-state index in [9.17, 15) is 0 Å². The number of hydrogen-bond acceptors (Lipinski definition) is 3. The fourth-order valence-electron chi connectivity index (χ4n) is 3.41. The molecule has 0 saturated carbocycles. The van der Waals surface area contributed by atoms with E-state index in [4.69, 9.17) is 0 Å². The Labute approximate surface area is 170 Å². The van der Waals surface area contributed by atoms with Crippen LogP contribution in [0.3, 0.4) is 0 Å². The van der Waals surface area contributed by atoms with Crippen LogP contribution in [0.25, 0.3) is 0 Å². The van der Waals surface area contributed by atoms with E-state index >= 15 is 0 Å². The molecule has 0 aromatic carbocycles. The van der Waals surface area contributed by atoms with Crippen molar-refractivity contribution in [1.82, 2.24) is 5.32 Å². The lowest BCUT2D eigenvalue weighted by Crippen LogP contribution is -2.16. The maximum absolute atomic E-state index is 4.67. The topological polar surface area (TPSA) is 36.8 Å². The lowest BCUT2D eigenvalue weighted by Gasteiger charge is -2.06. The van der Waals surface area contributed by atoms with Gasteiger partial charge in [0.05, 0.1) is 0 Å². The van der Waals surface area contributed by atoms with Crippen LogP contribution in [0.4, 0.5) is 0 Å². The van der Waals surface area contributed by atoms with Crippen molar-refractivity contribution in [2.24, 2.45) is 21.8 Å². The van der Waals surface area contributed by atoms with Crippen molar-refractivity contribution in [2.75, 3.05) is 26.2 Å². The van der Waals surface area contributed by atoms with E-state index in [1.807, 2.05) is 0 Å². The molecule has 0 aliphatic heterocycles. The molecule has 0 amide bonds. The molecule has 0 fully saturated rings. The van der Waals surface area contributed by atoms with Gasteiger partial charge in [-0.25, -0.2) is 0 Å². The minimum Gasteiger partial charge on any atom is -0.317 e. The molecule has 3 nitrogen and oxygen atoms in total. The first-order chi connectivity index (χ1) is 12.9. The third-order valence-corrected chi connectivity index (χ3v) is 4.69. The Bertz CT molecular complexity index is 347.